The van der Waals surface area contributed by atoms with Gasteiger partial charge in [-0.15, -0.1) is 0 Å². The summed E-state index contributed by atoms with van der Waals surface area (Å²) in [5.41, 5.74) is 7.22. The third kappa shape index (κ3) is 2.87. The van der Waals surface area contributed by atoms with Gasteiger partial charge in [0.15, 0.2) is 6.10 Å². The SMILES string of the molecule is CNC(=O)C(C)Oc1ccc(N)cc1C. The van der Waals surface area contributed by atoms with E-state index in [1.807, 2.05) is 13.0 Å². The summed E-state index contributed by atoms with van der Waals surface area (Å²) in [5.74, 6) is 0.534. The summed E-state index contributed by atoms with van der Waals surface area (Å²) in [4.78, 5) is 11.2. The van der Waals surface area contributed by atoms with E-state index < -0.39 is 6.10 Å². The minimum absolute atomic E-state index is 0.147. The molecule has 0 saturated carbocycles. The molecule has 0 saturated heterocycles. The standard InChI is InChI=1S/C11H16N2O2/c1-7-6-9(12)4-5-10(7)15-8(2)11(14)13-3/h4-6,8H,12H2,1-3H3,(H,13,14). The third-order valence-corrected chi connectivity index (χ3v) is 2.12. The van der Waals surface area contributed by atoms with Crippen LogP contribution >= 0.6 is 0 Å². The first-order valence-corrected chi connectivity index (χ1v) is 4.79. The van der Waals surface area contributed by atoms with E-state index in [1.165, 1.54) is 0 Å². The van der Waals surface area contributed by atoms with Crippen LogP contribution in [0.5, 0.6) is 5.75 Å². The normalized spacial score (nSPS) is 11.9. The molecule has 4 heteroatoms. The van der Waals surface area contributed by atoms with Crippen LogP contribution in [0.3, 0.4) is 0 Å². The van der Waals surface area contributed by atoms with Crippen LogP contribution in [0.2, 0.25) is 0 Å². The van der Waals surface area contributed by atoms with E-state index in [0.717, 1.165) is 5.56 Å². The van der Waals surface area contributed by atoms with Crippen molar-refractivity contribution in [3.05, 3.63) is 23.8 Å². The Bertz CT molecular complexity index is 364. The van der Waals surface area contributed by atoms with Crippen LogP contribution in [0, 0.1) is 6.92 Å². The fraction of sp³-hybridized carbons (Fsp3) is 0.364. The van der Waals surface area contributed by atoms with Crippen LogP contribution in [-0.2, 0) is 4.79 Å². The molecule has 3 N–H and O–H groups in total. The predicted molar refractivity (Wildman–Crippen MR) is 59.7 cm³/mol. The summed E-state index contributed by atoms with van der Waals surface area (Å²) in [6, 6.07) is 5.33. The Labute approximate surface area is 89.4 Å². The lowest BCUT2D eigenvalue weighted by molar-refractivity contribution is -0.126. The van der Waals surface area contributed by atoms with Crippen LogP contribution < -0.4 is 15.8 Å². The van der Waals surface area contributed by atoms with Crippen molar-refractivity contribution >= 4 is 11.6 Å². The largest absolute Gasteiger partial charge is 0.481 e. The summed E-state index contributed by atoms with van der Waals surface area (Å²) < 4.78 is 5.49. The minimum atomic E-state index is -0.502. The number of nitrogens with one attached hydrogen (secondary N) is 1. The van der Waals surface area contributed by atoms with Gasteiger partial charge >= 0.3 is 0 Å². The number of hydrogen-bond donors (Lipinski definition) is 2. The van der Waals surface area contributed by atoms with Gasteiger partial charge in [0.05, 0.1) is 0 Å². The first kappa shape index (κ1) is 11.4. The number of nitrogens with two attached hydrogens (primary N) is 1. The van der Waals surface area contributed by atoms with Gasteiger partial charge in [0, 0.05) is 12.7 Å². The van der Waals surface area contributed by atoms with Gasteiger partial charge in [0.1, 0.15) is 5.75 Å². The molecule has 1 rings (SSSR count). The topological polar surface area (TPSA) is 64.3 Å². The number of carbonyl (C=O) groups is 1. The van der Waals surface area contributed by atoms with E-state index in [2.05, 4.69) is 5.32 Å². The molecule has 1 aromatic rings. The van der Waals surface area contributed by atoms with Gasteiger partial charge in [0.2, 0.25) is 0 Å². The van der Waals surface area contributed by atoms with E-state index in [-0.39, 0.29) is 5.91 Å². The summed E-state index contributed by atoms with van der Waals surface area (Å²) in [7, 11) is 1.58. The average Bonchev–Trinajstić information content (AvgIpc) is 2.20. The molecular formula is C11H16N2O2. The van der Waals surface area contributed by atoms with Crippen molar-refractivity contribution in [3.63, 3.8) is 0 Å². The van der Waals surface area contributed by atoms with Gasteiger partial charge in [-0.1, -0.05) is 0 Å². The highest BCUT2D eigenvalue weighted by atomic mass is 16.5. The number of likely N-dealkylation sites (N-methyl/N-ethyl adjacent to an activating group) is 1. The zero-order chi connectivity index (χ0) is 11.4. The second kappa shape index (κ2) is 4.68. The first-order valence-electron chi connectivity index (χ1n) is 4.79. The number of hydrogen-bond acceptors (Lipinski definition) is 3. The second-order valence-electron chi connectivity index (χ2n) is 3.40. The lowest BCUT2D eigenvalue weighted by Gasteiger charge is -2.15. The highest BCUT2D eigenvalue weighted by Crippen LogP contribution is 2.21. The van der Waals surface area contributed by atoms with Crippen molar-refractivity contribution in [3.8, 4) is 5.75 Å². The molecule has 0 fully saturated rings. The maximum absolute atomic E-state index is 11.2. The summed E-state index contributed by atoms with van der Waals surface area (Å²) in [6.07, 6.45) is -0.502. The van der Waals surface area contributed by atoms with E-state index in [4.69, 9.17) is 10.5 Å². The number of benzene rings is 1. The Hall–Kier alpha value is -1.71. The maximum Gasteiger partial charge on any atom is 0.260 e. The summed E-state index contributed by atoms with van der Waals surface area (Å²) >= 11 is 0. The molecule has 82 valence electrons. The zero-order valence-electron chi connectivity index (χ0n) is 9.20. The molecular weight excluding hydrogens is 192 g/mol. The molecule has 0 heterocycles. The molecule has 0 aliphatic heterocycles. The Balaban J connectivity index is 2.76. The number of amides is 1. The van der Waals surface area contributed by atoms with Crippen LogP contribution in [0.1, 0.15) is 12.5 Å². The van der Waals surface area contributed by atoms with Gasteiger partial charge in [-0.3, -0.25) is 4.79 Å². The average molecular weight is 208 g/mol. The molecule has 0 radical (unpaired) electrons. The Morgan fingerprint density at radius 1 is 1.53 bits per heavy atom. The molecule has 0 spiro atoms. The molecule has 0 aliphatic carbocycles. The third-order valence-electron chi connectivity index (χ3n) is 2.12. The van der Waals surface area contributed by atoms with Crippen molar-refractivity contribution in [2.24, 2.45) is 0 Å². The smallest absolute Gasteiger partial charge is 0.260 e. The molecule has 0 bridgehead atoms. The van der Waals surface area contributed by atoms with Gasteiger partial charge in [-0.25, -0.2) is 0 Å². The highest BCUT2D eigenvalue weighted by molar-refractivity contribution is 5.80. The number of nitrogen functional groups attached to an aromatic ring is 1. The van der Waals surface area contributed by atoms with Gasteiger partial charge in [-0.05, 0) is 37.6 Å². The molecule has 1 atom stereocenters. The summed E-state index contributed by atoms with van der Waals surface area (Å²) in [5, 5.41) is 2.53. The predicted octanol–water partition coefficient (Wildman–Crippen LogP) is 1.09. The lowest BCUT2D eigenvalue weighted by Crippen LogP contribution is -2.33. The van der Waals surface area contributed by atoms with Crippen molar-refractivity contribution in [2.75, 3.05) is 12.8 Å². The lowest BCUT2D eigenvalue weighted by atomic mass is 10.2. The quantitative estimate of drug-likeness (QED) is 0.731. The Morgan fingerprint density at radius 2 is 2.20 bits per heavy atom. The van der Waals surface area contributed by atoms with Crippen LogP contribution in [0.15, 0.2) is 18.2 Å². The Morgan fingerprint density at radius 3 is 2.73 bits per heavy atom. The first-order chi connectivity index (χ1) is 7.04. The van der Waals surface area contributed by atoms with E-state index >= 15 is 0 Å². The fourth-order valence-electron chi connectivity index (χ4n) is 1.25. The molecule has 0 aliphatic rings. The summed E-state index contributed by atoms with van der Waals surface area (Å²) in [6.45, 7) is 3.59. The molecule has 15 heavy (non-hydrogen) atoms. The molecule has 0 aromatic heterocycles. The molecule has 4 nitrogen and oxygen atoms in total. The number of ether oxygens (including phenoxy) is 1. The van der Waals surface area contributed by atoms with E-state index in [9.17, 15) is 4.79 Å². The Kier molecular flexibility index (Phi) is 3.55. The van der Waals surface area contributed by atoms with Crippen molar-refractivity contribution in [1.29, 1.82) is 0 Å². The van der Waals surface area contributed by atoms with Crippen LogP contribution in [0.4, 0.5) is 5.69 Å². The molecule has 1 unspecified atom stereocenters. The van der Waals surface area contributed by atoms with Crippen molar-refractivity contribution in [1.82, 2.24) is 5.32 Å². The number of aryl methyl sites for hydroxylation is 1. The van der Waals surface area contributed by atoms with Gasteiger partial charge in [-0.2, -0.15) is 0 Å². The highest BCUT2D eigenvalue weighted by Gasteiger charge is 2.13. The number of carbonyl (C=O) groups excluding carboxylic acids is 1. The fourth-order valence-corrected chi connectivity index (χ4v) is 1.25. The van der Waals surface area contributed by atoms with E-state index in [0.29, 0.717) is 11.4 Å². The van der Waals surface area contributed by atoms with Crippen LogP contribution in [0.25, 0.3) is 0 Å². The van der Waals surface area contributed by atoms with E-state index in [1.54, 1.807) is 26.1 Å². The minimum Gasteiger partial charge on any atom is -0.481 e. The molecule has 1 aromatic carbocycles. The van der Waals surface area contributed by atoms with Crippen molar-refractivity contribution in [2.45, 2.75) is 20.0 Å². The number of anilines is 1. The molecule has 1 amide bonds. The van der Waals surface area contributed by atoms with Crippen molar-refractivity contribution < 1.29 is 9.53 Å². The van der Waals surface area contributed by atoms with Crippen LogP contribution in [-0.4, -0.2) is 19.1 Å². The van der Waals surface area contributed by atoms with Gasteiger partial charge < -0.3 is 15.8 Å². The second-order valence-corrected chi connectivity index (χ2v) is 3.40. The van der Waals surface area contributed by atoms with Gasteiger partial charge in [0.25, 0.3) is 5.91 Å². The maximum atomic E-state index is 11.2. The monoisotopic (exact) mass is 208 g/mol. The zero-order valence-corrected chi connectivity index (χ0v) is 9.20. The number of rotatable bonds is 3.